The Morgan fingerprint density at radius 1 is 0.946 bits per heavy atom. The van der Waals surface area contributed by atoms with Gasteiger partial charge in [0.1, 0.15) is 28.6 Å². The number of hydrogen-bond donors (Lipinski definition) is 4. The molecule has 0 saturated heterocycles. The van der Waals surface area contributed by atoms with Crippen molar-refractivity contribution in [1.29, 1.82) is 0 Å². The number of hydrogen-bond acceptors (Lipinski definition) is 7. The van der Waals surface area contributed by atoms with Gasteiger partial charge >= 0.3 is 0 Å². The molecule has 0 radical (unpaired) electrons. The van der Waals surface area contributed by atoms with Gasteiger partial charge in [0.15, 0.2) is 17.3 Å². The third-order valence-electron chi connectivity index (χ3n) is 6.34. The molecular formula is C30H32O7. The minimum absolute atomic E-state index is 0.0268. The molecule has 4 N–H and O–H groups in total. The molecule has 2 heterocycles. The van der Waals surface area contributed by atoms with Gasteiger partial charge in [-0.1, -0.05) is 28.9 Å². The molecule has 1 aliphatic heterocycles. The van der Waals surface area contributed by atoms with Crippen LogP contribution in [0.3, 0.4) is 0 Å². The van der Waals surface area contributed by atoms with Crippen molar-refractivity contribution in [2.24, 2.45) is 0 Å². The number of fused-ring (bicyclic) bond motifs is 4. The number of aromatic hydroxyl groups is 4. The molecule has 1 unspecified atom stereocenters. The SMILES string of the molecule is CC(C)=CCCC(C)=CC1Oc2c(oc3cc(O)cc(O)c3c2=O)-c2cc(CC=C(C)C)c(O)c(O)c21. The molecule has 0 amide bonds. The second-order valence-electron chi connectivity index (χ2n) is 9.98. The summed E-state index contributed by atoms with van der Waals surface area (Å²) in [5, 5.41) is 42.2. The summed E-state index contributed by atoms with van der Waals surface area (Å²) >= 11 is 0. The van der Waals surface area contributed by atoms with E-state index in [0.29, 0.717) is 17.5 Å². The van der Waals surface area contributed by atoms with Gasteiger partial charge in [-0.25, -0.2) is 0 Å². The van der Waals surface area contributed by atoms with Crippen LogP contribution >= 0.6 is 0 Å². The number of phenolic OH excluding ortho intramolecular Hbond substituents is 4. The van der Waals surface area contributed by atoms with Crippen LogP contribution < -0.4 is 10.2 Å². The number of rotatable bonds is 6. The molecule has 0 fully saturated rings. The summed E-state index contributed by atoms with van der Waals surface area (Å²) in [7, 11) is 0. The molecule has 37 heavy (non-hydrogen) atoms. The molecule has 0 bridgehead atoms. The van der Waals surface area contributed by atoms with Gasteiger partial charge in [-0.05, 0) is 66.0 Å². The number of ether oxygens (including phenoxy) is 1. The average Bonchev–Trinajstić information content (AvgIpc) is 2.80. The van der Waals surface area contributed by atoms with Crippen LogP contribution in [0, 0.1) is 0 Å². The van der Waals surface area contributed by atoms with E-state index in [9.17, 15) is 25.2 Å². The van der Waals surface area contributed by atoms with Gasteiger partial charge in [-0.15, -0.1) is 0 Å². The highest BCUT2D eigenvalue weighted by Gasteiger charge is 2.35. The van der Waals surface area contributed by atoms with E-state index < -0.39 is 17.3 Å². The van der Waals surface area contributed by atoms with Gasteiger partial charge in [0.2, 0.25) is 11.2 Å². The van der Waals surface area contributed by atoms with E-state index in [1.165, 1.54) is 11.6 Å². The van der Waals surface area contributed by atoms with E-state index in [-0.39, 0.29) is 45.3 Å². The fraction of sp³-hybridized carbons (Fsp3) is 0.300. The molecule has 7 nitrogen and oxygen atoms in total. The first-order chi connectivity index (χ1) is 17.5. The van der Waals surface area contributed by atoms with Crippen molar-refractivity contribution in [2.75, 3.05) is 0 Å². The summed E-state index contributed by atoms with van der Waals surface area (Å²) in [6.07, 6.45) is 6.90. The lowest BCUT2D eigenvalue weighted by Gasteiger charge is -2.28. The second-order valence-corrected chi connectivity index (χ2v) is 9.98. The zero-order chi connectivity index (χ0) is 27.0. The van der Waals surface area contributed by atoms with Crippen LogP contribution in [-0.4, -0.2) is 20.4 Å². The van der Waals surface area contributed by atoms with Crippen molar-refractivity contribution in [3.63, 3.8) is 0 Å². The van der Waals surface area contributed by atoms with Gasteiger partial charge in [0.05, 0.1) is 5.56 Å². The maximum atomic E-state index is 13.5. The van der Waals surface area contributed by atoms with Crippen LogP contribution in [0.2, 0.25) is 0 Å². The molecule has 0 saturated carbocycles. The summed E-state index contributed by atoms with van der Waals surface area (Å²) in [4.78, 5) is 13.5. The van der Waals surface area contributed by atoms with Crippen molar-refractivity contribution in [1.82, 2.24) is 0 Å². The lowest BCUT2D eigenvalue weighted by Crippen LogP contribution is -2.19. The van der Waals surface area contributed by atoms with Crippen LogP contribution in [0.1, 0.15) is 64.7 Å². The number of allylic oxidation sites excluding steroid dienone is 5. The zero-order valence-corrected chi connectivity index (χ0v) is 21.7. The van der Waals surface area contributed by atoms with Crippen molar-refractivity contribution in [2.45, 2.75) is 60.0 Å². The molecule has 3 aromatic rings. The smallest absolute Gasteiger partial charge is 0.239 e. The van der Waals surface area contributed by atoms with Crippen molar-refractivity contribution >= 4 is 11.0 Å². The van der Waals surface area contributed by atoms with Crippen LogP contribution in [0.15, 0.2) is 62.4 Å². The third kappa shape index (κ3) is 5.07. The summed E-state index contributed by atoms with van der Waals surface area (Å²) < 4.78 is 12.1. The van der Waals surface area contributed by atoms with E-state index in [2.05, 4.69) is 6.08 Å². The minimum atomic E-state index is -0.878. The monoisotopic (exact) mass is 504 g/mol. The molecule has 194 valence electrons. The van der Waals surface area contributed by atoms with Crippen LogP contribution in [0.25, 0.3) is 22.3 Å². The van der Waals surface area contributed by atoms with Crippen molar-refractivity contribution in [3.05, 3.63) is 74.5 Å². The first-order valence-electron chi connectivity index (χ1n) is 12.2. The Balaban J connectivity index is 1.97. The lowest BCUT2D eigenvalue weighted by molar-refractivity contribution is 0.233. The molecule has 0 spiro atoms. The molecule has 4 rings (SSSR count). The Labute approximate surface area is 215 Å². The van der Waals surface area contributed by atoms with Gasteiger partial charge in [0.25, 0.3) is 0 Å². The summed E-state index contributed by atoms with van der Waals surface area (Å²) in [5.41, 5.74) is 3.73. The fourth-order valence-electron chi connectivity index (χ4n) is 4.46. The van der Waals surface area contributed by atoms with Gasteiger partial charge in [-0.3, -0.25) is 4.79 Å². The van der Waals surface area contributed by atoms with E-state index >= 15 is 0 Å². The predicted molar refractivity (Wildman–Crippen MR) is 144 cm³/mol. The minimum Gasteiger partial charge on any atom is -0.508 e. The topological polar surface area (TPSA) is 120 Å². The van der Waals surface area contributed by atoms with Crippen LogP contribution in [-0.2, 0) is 6.42 Å². The van der Waals surface area contributed by atoms with E-state index in [0.717, 1.165) is 30.1 Å². The van der Waals surface area contributed by atoms with E-state index in [4.69, 9.17) is 9.15 Å². The maximum absolute atomic E-state index is 13.5. The first-order valence-corrected chi connectivity index (χ1v) is 12.2. The van der Waals surface area contributed by atoms with Gasteiger partial charge in [-0.2, -0.15) is 0 Å². The highest BCUT2D eigenvalue weighted by Crippen LogP contribution is 2.51. The lowest BCUT2D eigenvalue weighted by atomic mass is 9.90. The average molecular weight is 505 g/mol. The van der Waals surface area contributed by atoms with Crippen molar-refractivity contribution in [3.8, 4) is 40.1 Å². The highest BCUT2D eigenvalue weighted by molar-refractivity contribution is 5.89. The Kier molecular flexibility index (Phi) is 7.07. The Bertz CT molecular complexity index is 1530. The standard InChI is InChI=1S/C30H32O7/c1-15(2)7-6-8-17(5)11-22-24-20(12-18(10-9-16(3)4)26(33)27(24)34)29-30(37-22)28(35)25-21(32)13-19(31)14-23(25)36-29/h7,9,11-14,22,31-34H,6,8,10H2,1-5H3. The summed E-state index contributed by atoms with van der Waals surface area (Å²) in [6.45, 7) is 9.86. The molecule has 0 aliphatic carbocycles. The second kappa shape index (κ2) is 10.1. The van der Waals surface area contributed by atoms with Gasteiger partial charge in [0, 0.05) is 23.3 Å². The summed E-state index contributed by atoms with van der Waals surface area (Å²) in [6, 6.07) is 3.98. The molecule has 2 aromatic carbocycles. The van der Waals surface area contributed by atoms with E-state index in [1.54, 1.807) is 6.07 Å². The number of benzene rings is 2. The van der Waals surface area contributed by atoms with Crippen LogP contribution in [0.5, 0.6) is 28.7 Å². The highest BCUT2D eigenvalue weighted by atomic mass is 16.5. The quantitative estimate of drug-likeness (QED) is 0.212. The Morgan fingerprint density at radius 3 is 2.32 bits per heavy atom. The summed E-state index contributed by atoms with van der Waals surface area (Å²) in [5.74, 6) is -1.36. The fourth-order valence-corrected chi connectivity index (χ4v) is 4.46. The normalized spacial score (nSPS) is 14.5. The largest absolute Gasteiger partial charge is 0.508 e. The molecule has 1 atom stereocenters. The number of phenols is 4. The first kappa shape index (κ1) is 25.9. The predicted octanol–water partition coefficient (Wildman–Crippen LogP) is 6.92. The van der Waals surface area contributed by atoms with E-state index in [1.807, 2.05) is 46.8 Å². The maximum Gasteiger partial charge on any atom is 0.239 e. The Morgan fingerprint density at radius 2 is 1.65 bits per heavy atom. The zero-order valence-electron chi connectivity index (χ0n) is 21.7. The van der Waals surface area contributed by atoms with Gasteiger partial charge < -0.3 is 29.6 Å². The molecule has 1 aromatic heterocycles. The molecule has 7 heteroatoms. The molecule has 1 aliphatic rings. The Hall–Kier alpha value is -4.13. The van der Waals surface area contributed by atoms with Crippen LogP contribution in [0.4, 0.5) is 0 Å². The van der Waals surface area contributed by atoms with Crippen molar-refractivity contribution < 1.29 is 29.6 Å². The third-order valence-corrected chi connectivity index (χ3v) is 6.34. The molecular weight excluding hydrogens is 472 g/mol.